The van der Waals surface area contributed by atoms with Crippen molar-refractivity contribution in [2.75, 3.05) is 7.05 Å². The summed E-state index contributed by atoms with van der Waals surface area (Å²) in [6, 6.07) is -0.335. The van der Waals surface area contributed by atoms with Crippen LogP contribution in [-0.4, -0.2) is 29.4 Å². The van der Waals surface area contributed by atoms with E-state index in [1.807, 2.05) is 20.9 Å². The molecule has 0 saturated heterocycles. The molecule has 0 aliphatic heterocycles. The fraction of sp³-hybridized carbons (Fsp3) is 0.938. The zero-order valence-electron chi connectivity index (χ0n) is 12.6. The Labute approximate surface area is 116 Å². The number of rotatable bonds is 3. The normalized spacial score (nSPS) is 41.6. The highest BCUT2D eigenvalue weighted by Crippen LogP contribution is 2.57. The third-order valence-electron chi connectivity index (χ3n) is 6.05. The maximum Gasteiger partial charge on any atom is 0.239 e. The van der Waals surface area contributed by atoms with Crippen molar-refractivity contribution in [1.82, 2.24) is 4.90 Å². The average molecular weight is 264 g/mol. The minimum atomic E-state index is -0.335. The summed E-state index contributed by atoms with van der Waals surface area (Å²) in [5.41, 5.74) is 6.24. The van der Waals surface area contributed by atoms with E-state index < -0.39 is 0 Å². The van der Waals surface area contributed by atoms with E-state index in [2.05, 4.69) is 4.90 Å². The average Bonchev–Trinajstić information content (AvgIpc) is 2.34. The van der Waals surface area contributed by atoms with Gasteiger partial charge in [-0.25, -0.2) is 0 Å². The first-order valence-corrected chi connectivity index (χ1v) is 7.94. The van der Waals surface area contributed by atoms with Gasteiger partial charge in [0.15, 0.2) is 0 Å². The Kier molecular flexibility index (Phi) is 3.16. The van der Waals surface area contributed by atoms with Crippen LogP contribution in [0.2, 0.25) is 0 Å². The van der Waals surface area contributed by atoms with E-state index in [0.29, 0.717) is 0 Å². The van der Waals surface area contributed by atoms with Crippen LogP contribution < -0.4 is 5.73 Å². The van der Waals surface area contributed by atoms with Gasteiger partial charge in [0.05, 0.1) is 6.04 Å². The smallest absolute Gasteiger partial charge is 0.239 e. The number of likely N-dealkylation sites (N-methyl/N-ethyl adjacent to an activating group) is 1. The number of hydrogen-bond acceptors (Lipinski definition) is 2. The van der Waals surface area contributed by atoms with Crippen LogP contribution >= 0.6 is 0 Å². The molecule has 4 bridgehead atoms. The quantitative estimate of drug-likeness (QED) is 0.851. The van der Waals surface area contributed by atoms with Gasteiger partial charge in [-0.15, -0.1) is 0 Å². The van der Waals surface area contributed by atoms with E-state index in [9.17, 15) is 4.79 Å². The van der Waals surface area contributed by atoms with Gasteiger partial charge in [0.1, 0.15) is 0 Å². The van der Waals surface area contributed by atoms with Gasteiger partial charge in [-0.05, 0) is 62.2 Å². The first-order chi connectivity index (χ1) is 8.91. The first-order valence-electron chi connectivity index (χ1n) is 7.94. The molecule has 0 radical (unpaired) electrons. The molecule has 4 fully saturated rings. The molecule has 3 heteroatoms. The second-order valence-electron chi connectivity index (χ2n) is 7.81. The Morgan fingerprint density at radius 3 is 1.89 bits per heavy atom. The number of carbonyl (C=O) groups excluding carboxylic acids is 1. The summed E-state index contributed by atoms with van der Waals surface area (Å²) < 4.78 is 0. The summed E-state index contributed by atoms with van der Waals surface area (Å²) in [7, 11) is 2.01. The van der Waals surface area contributed by atoms with Gasteiger partial charge in [-0.1, -0.05) is 13.8 Å². The molecule has 0 spiro atoms. The summed E-state index contributed by atoms with van der Waals surface area (Å²) in [4.78, 5) is 14.7. The molecule has 108 valence electrons. The van der Waals surface area contributed by atoms with Crippen molar-refractivity contribution in [3.63, 3.8) is 0 Å². The second kappa shape index (κ2) is 4.47. The molecule has 3 nitrogen and oxygen atoms in total. The Balaban J connectivity index is 1.79. The van der Waals surface area contributed by atoms with Gasteiger partial charge >= 0.3 is 0 Å². The summed E-state index contributed by atoms with van der Waals surface area (Å²) in [6.07, 6.45) is 7.93. The molecular formula is C16H28N2O. The summed E-state index contributed by atoms with van der Waals surface area (Å²) in [5, 5.41) is 0. The predicted molar refractivity (Wildman–Crippen MR) is 76.5 cm³/mol. The molecule has 1 unspecified atom stereocenters. The van der Waals surface area contributed by atoms with Gasteiger partial charge < -0.3 is 10.6 Å². The van der Waals surface area contributed by atoms with Crippen molar-refractivity contribution in [3.05, 3.63) is 0 Å². The van der Waals surface area contributed by atoms with E-state index in [1.165, 1.54) is 38.5 Å². The topological polar surface area (TPSA) is 46.3 Å². The number of hydrogen-bond donors (Lipinski definition) is 1. The van der Waals surface area contributed by atoms with Crippen LogP contribution in [0.1, 0.15) is 52.4 Å². The van der Waals surface area contributed by atoms with Crippen LogP contribution in [0.3, 0.4) is 0 Å². The van der Waals surface area contributed by atoms with Crippen molar-refractivity contribution in [1.29, 1.82) is 0 Å². The summed E-state index contributed by atoms with van der Waals surface area (Å²) in [5.74, 6) is 3.01. The van der Waals surface area contributed by atoms with Crippen molar-refractivity contribution < 1.29 is 4.79 Å². The van der Waals surface area contributed by atoms with Gasteiger partial charge in [0.2, 0.25) is 5.91 Å². The number of carbonyl (C=O) groups is 1. The molecule has 4 rings (SSSR count). The molecule has 0 heterocycles. The van der Waals surface area contributed by atoms with Gasteiger partial charge in [0.25, 0.3) is 0 Å². The van der Waals surface area contributed by atoms with E-state index >= 15 is 0 Å². The molecule has 0 aromatic rings. The Hall–Kier alpha value is -0.570. The number of nitrogens with two attached hydrogens (primary N) is 1. The van der Waals surface area contributed by atoms with E-state index in [1.54, 1.807) is 0 Å². The van der Waals surface area contributed by atoms with Crippen molar-refractivity contribution >= 4 is 5.91 Å². The molecular weight excluding hydrogens is 236 g/mol. The van der Waals surface area contributed by atoms with Crippen LogP contribution in [0, 0.1) is 23.7 Å². The summed E-state index contributed by atoms with van der Waals surface area (Å²) in [6.45, 7) is 4.08. The van der Waals surface area contributed by atoms with Crippen molar-refractivity contribution in [2.45, 2.75) is 64.0 Å². The van der Waals surface area contributed by atoms with Crippen LogP contribution in [0.5, 0.6) is 0 Å². The van der Waals surface area contributed by atoms with Crippen LogP contribution in [0.15, 0.2) is 0 Å². The van der Waals surface area contributed by atoms with E-state index in [-0.39, 0.29) is 23.4 Å². The third-order valence-corrected chi connectivity index (χ3v) is 6.05. The first kappa shape index (κ1) is 13.4. The zero-order chi connectivity index (χ0) is 13.8. The summed E-state index contributed by atoms with van der Waals surface area (Å²) >= 11 is 0. The molecule has 2 N–H and O–H groups in total. The lowest BCUT2D eigenvalue weighted by Crippen LogP contribution is -2.62. The van der Waals surface area contributed by atoms with Crippen LogP contribution in [0.4, 0.5) is 0 Å². The third kappa shape index (κ3) is 2.10. The molecule has 4 saturated carbocycles. The monoisotopic (exact) mass is 264 g/mol. The lowest BCUT2D eigenvalue weighted by molar-refractivity contribution is -0.149. The lowest BCUT2D eigenvalue weighted by Gasteiger charge is -2.60. The van der Waals surface area contributed by atoms with Crippen molar-refractivity contribution in [2.24, 2.45) is 29.4 Å². The molecule has 4 aliphatic carbocycles. The maximum absolute atomic E-state index is 12.6. The van der Waals surface area contributed by atoms with Crippen molar-refractivity contribution in [3.8, 4) is 0 Å². The van der Waals surface area contributed by atoms with Crippen LogP contribution in [-0.2, 0) is 4.79 Å². The fourth-order valence-corrected chi connectivity index (χ4v) is 5.22. The Morgan fingerprint density at radius 2 is 1.53 bits per heavy atom. The number of amides is 1. The number of nitrogens with zero attached hydrogens (tertiary/aromatic N) is 1. The predicted octanol–water partition coefficient (Wildman–Crippen LogP) is 2.40. The Bertz CT molecular complexity index is 342. The molecule has 1 amide bonds. The maximum atomic E-state index is 12.6. The SMILES string of the molecule is CC(C)C(N)C(=O)N(C)C12CC3CC(CC(C3)C1)C2. The fourth-order valence-electron chi connectivity index (χ4n) is 5.22. The molecule has 0 aromatic carbocycles. The highest BCUT2D eigenvalue weighted by atomic mass is 16.2. The minimum absolute atomic E-state index is 0.151. The standard InChI is InChI=1S/C16H28N2O/c1-10(2)14(17)15(19)18(3)16-7-11-4-12(8-16)6-13(5-11)9-16/h10-14H,4-9,17H2,1-3H3. The largest absolute Gasteiger partial charge is 0.339 e. The zero-order valence-corrected chi connectivity index (χ0v) is 12.6. The van der Waals surface area contributed by atoms with Crippen LogP contribution in [0.25, 0.3) is 0 Å². The van der Waals surface area contributed by atoms with E-state index in [0.717, 1.165) is 17.8 Å². The minimum Gasteiger partial charge on any atom is -0.339 e. The lowest BCUT2D eigenvalue weighted by atomic mass is 9.52. The van der Waals surface area contributed by atoms with E-state index in [4.69, 9.17) is 5.73 Å². The molecule has 1 atom stereocenters. The highest BCUT2D eigenvalue weighted by Gasteiger charge is 2.54. The molecule has 19 heavy (non-hydrogen) atoms. The second-order valence-corrected chi connectivity index (χ2v) is 7.81. The van der Waals surface area contributed by atoms with Gasteiger partial charge in [-0.2, -0.15) is 0 Å². The van der Waals surface area contributed by atoms with Gasteiger partial charge in [0, 0.05) is 12.6 Å². The highest BCUT2D eigenvalue weighted by molar-refractivity contribution is 5.82. The Morgan fingerprint density at radius 1 is 1.11 bits per heavy atom. The molecule has 0 aromatic heterocycles. The molecule has 4 aliphatic rings. The van der Waals surface area contributed by atoms with Gasteiger partial charge in [-0.3, -0.25) is 4.79 Å².